The average Bonchev–Trinajstić information content (AvgIpc) is 2.87. The molecule has 8 nitrogen and oxygen atoms in total. The molecule has 1 aromatic heterocycles. The molecule has 1 aromatic carbocycles. The Labute approximate surface area is 214 Å². The summed E-state index contributed by atoms with van der Waals surface area (Å²) in [6.07, 6.45) is 1.02. The smallest absolute Gasteiger partial charge is 0.253 e. The van der Waals surface area contributed by atoms with Crippen LogP contribution in [-0.4, -0.2) is 90.4 Å². The summed E-state index contributed by atoms with van der Waals surface area (Å²) in [5, 5.41) is 5.04. The molecule has 0 unspecified atom stereocenters. The van der Waals surface area contributed by atoms with Crippen molar-refractivity contribution >= 4 is 28.2 Å². The van der Waals surface area contributed by atoms with E-state index >= 15 is 0 Å². The van der Waals surface area contributed by atoms with E-state index in [1.165, 1.54) is 0 Å². The van der Waals surface area contributed by atoms with E-state index < -0.39 is 0 Å². The fraction of sp³-hybridized carbons (Fsp3) is 0.615. The predicted octanol–water partition coefficient (Wildman–Crippen LogP) is 3.05. The molecule has 2 aromatic rings. The van der Waals surface area contributed by atoms with E-state index in [1.807, 2.05) is 18.2 Å². The van der Waals surface area contributed by atoms with Crippen LogP contribution in [0.5, 0.6) is 11.5 Å². The number of nitrogens with one attached hydrogen (secondary N) is 2. The molecule has 2 N–H and O–H groups in total. The van der Waals surface area contributed by atoms with Gasteiger partial charge in [0, 0.05) is 36.7 Å². The zero-order valence-corrected chi connectivity index (χ0v) is 22.5. The molecule has 0 saturated heterocycles. The number of thiocarbonyl (C=S) groups is 1. The van der Waals surface area contributed by atoms with Gasteiger partial charge in [-0.2, -0.15) is 0 Å². The lowest BCUT2D eigenvalue weighted by Crippen LogP contribution is -2.44. The Balaban J connectivity index is 1.74. The van der Waals surface area contributed by atoms with Gasteiger partial charge in [0.2, 0.25) is 0 Å². The van der Waals surface area contributed by atoms with Crippen LogP contribution in [0.1, 0.15) is 39.7 Å². The van der Waals surface area contributed by atoms with Crippen LogP contribution in [0.4, 0.5) is 0 Å². The Bertz CT molecular complexity index is 1020. The van der Waals surface area contributed by atoms with Crippen LogP contribution in [0.15, 0.2) is 23.0 Å². The van der Waals surface area contributed by atoms with Gasteiger partial charge in [-0.15, -0.1) is 0 Å². The molecule has 9 heteroatoms. The first-order valence-corrected chi connectivity index (χ1v) is 13.3. The lowest BCUT2D eigenvalue weighted by molar-refractivity contribution is 0.172. The Morgan fingerprint density at radius 2 is 1.57 bits per heavy atom. The summed E-state index contributed by atoms with van der Waals surface area (Å²) >= 11 is 5.79. The highest BCUT2D eigenvalue weighted by atomic mass is 32.1. The number of nitrogens with zero attached hydrogens (tertiary/aromatic N) is 3. The molecule has 1 aliphatic rings. The number of H-pyrrole nitrogens is 1. The van der Waals surface area contributed by atoms with Gasteiger partial charge in [-0.05, 0) is 63.5 Å². The number of rotatable bonds is 13. The number of aromatic nitrogens is 1. The third-order valence-electron chi connectivity index (χ3n) is 6.63. The van der Waals surface area contributed by atoms with E-state index in [1.54, 1.807) is 0 Å². The molecule has 0 atom stereocenters. The second-order valence-electron chi connectivity index (χ2n) is 8.77. The van der Waals surface area contributed by atoms with Crippen molar-refractivity contribution in [3.63, 3.8) is 0 Å². The van der Waals surface area contributed by atoms with Crippen molar-refractivity contribution in [2.75, 3.05) is 65.6 Å². The second-order valence-corrected chi connectivity index (χ2v) is 9.15. The van der Waals surface area contributed by atoms with Gasteiger partial charge >= 0.3 is 0 Å². The number of likely N-dealkylation sites (N-methyl/N-ethyl adjacent to an activating group) is 1. The molecule has 0 fully saturated rings. The SMILES string of the molecule is CCN(CC)CCCNC(=S)N(CCN(CC)CC)Cc1cc2cc3c(cc2[nH]c1=O)OCCO3. The van der Waals surface area contributed by atoms with E-state index in [0.717, 1.165) is 69.7 Å². The van der Waals surface area contributed by atoms with Gasteiger partial charge in [0.1, 0.15) is 13.2 Å². The van der Waals surface area contributed by atoms with Crippen LogP contribution >= 0.6 is 12.2 Å². The quantitative estimate of drug-likeness (QED) is 0.319. The van der Waals surface area contributed by atoms with Gasteiger partial charge in [0.25, 0.3) is 5.56 Å². The van der Waals surface area contributed by atoms with Crippen molar-refractivity contribution in [3.05, 3.63) is 34.1 Å². The molecule has 0 radical (unpaired) electrons. The highest BCUT2D eigenvalue weighted by molar-refractivity contribution is 7.80. The van der Waals surface area contributed by atoms with Gasteiger partial charge in [-0.3, -0.25) is 4.79 Å². The first kappa shape index (κ1) is 27.2. The lowest BCUT2D eigenvalue weighted by atomic mass is 10.1. The Kier molecular flexibility index (Phi) is 10.6. The van der Waals surface area contributed by atoms with Crippen LogP contribution in [0, 0.1) is 0 Å². The third-order valence-corrected chi connectivity index (χ3v) is 7.04. The highest BCUT2D eigenvalue weighted by Gasteiger charge is 2.17. The fourth-order valence-corrected chi connectivity index (χ4v) is 4.57. The van der Waals surface area contributed by atoms with E-state index in [-0.39, 0.29) is 5.56 Å². The molecule has 2 heterocycles. The fourth-order valence-electron chi connectivity index (χ4n) is 4.32. The summed E-state index contributed by atoms with van der Waals surface area (Å²) in [5.74, 6) is 1.38. The minimum Gasteiger partial charge on any atom is -0.486 e. The molecular weight excluding hydrogens is 462 g/mol. The van der Waals surface area contributed by atoms with Gasteiger partial charge in [0.15, 0.2) is 16.6 Å². The molecule has 0 bridgehead atoms. The zero-order chi connectivity index (χ0) is 25.2. The monoisotopic (exact) mass is 503 g/mol. The zero-order valence-electron chi connectivity index (χ0n) is 21.7. The summed E-state index contributed by atoms with van der Waals surface area (Å²) in [5.41, 5.74) is 1.32. The second kappa shape index (κ2) is 13.7. The minimum atomic E-state index is -0.105. The summed E-state index contributed by atoms with van der Waals surface area (Å²) in [6, 6.07) is 5.72. The van der Waals surface area contributed by atoms with Crippen LogP contribution in [0.3, 0.4) is 0 Å². The maximum absolute atomic E-state index is 13.0. The van der Waals surface area contributed by atoms with Crippen molar-refractivity contribution in [3.8, 4) is 11.5 Å². The number of pyridine rings is 1. The number of fused-ring (bicyclic) bond motifs is 2. The van der Waals surface area contributed by atoms with Crippen molar-refractivity contribution in [2.24, 2.45) is 0 Å². The van der Waals surface area contributed by atoms with E-state index in [4.69, 9.17) is 21.7 Å². The van der Waals surface area contributed by atoms with Crippen LogP contribution < -0.4 is 20.3 Å². The molecule has 0 aliphatic carbocycles. The molecule has 194 valence electrons. The van der Waals surface area contributed by atoms with E-state index in [2.05, 4.69) is 52.7 Å². The predicted molar refractivity (Wildman–Crippen MR) is 147 cm³/mol. The topological polar surface area (TPSA) is 73.1 Å². The summed E-state index contributed by atoms with van der Waals surface area (Å²) < 4.78 is 11.4. The van der Waals surface area contributed by atoms with Gasteiger partial charge in [-0.25, -0.2) is 0 Å². The van der Waals surface area contributed by atoms with Gasteiger partial charge in [0.05, 0.1) is 12.1 Å². The number of benzene rings is 1. The van der Waals surface area contributed by atoms with Crippen LogP contribution in [-0.2, 0) is 6.54 Å². The maximum atomic E-state index is 13.0. The number of hydrogen-bond acceptors (Lipinski definition) is 6. The average molecular weight is 504 g/mol. The molecule has 0 saturated carbocycles. The van der Waals surface area contributed by atoms with Gasteiger partial charge in [-0.1, -0.05) is 27.7 Å². The Hall–Kier alpha value is -2.36. The van der Waals surface area contributed by atoms with Crippen molar-refractivity contribution in [2.45, 2.75) is 40.7 Å². The number of hydrogen-bond donors (Lipinski definition) is 2. The first-order valence-electron chi connectivity index (χ1n) is 12.9. The van der Waals surface area contributed by atoms with E-state index in [0.29, 0.717) is 41.9 Å². The van der Waals surface area contributed by atoms with Crippen molar-refractivity contribution in [1.29, 1.82) is 0 Å². The summed E-state index contributed by atoms with van der Waals surface area (Å²) in [6.45, 7) is 17.8. The van der Waals surface area contributed by atoms with Crippen LogP contribution in [0.2, 0.25) is 0 Å². The van der Waals surface area contributed by atoms with Crippen molar-refractivity contribution in [1.82, 2.24) is 25.0 Å². The molecule has 0 amide bonds. The minimum absolute atomic E-state index is 0.105. The summed E-state index contributed by atoms with van der Waals surface area (Å²) in [4.78, 5) is 22.9. The number of aromatic amines is 1. The largest absolute Gasteiger partial charge is 0.486 e. The summed E-state index contributed by atoms with van der Waals surface area (Å²) in [7, 11) is 0. The normalized spacial score (nSPS) is 13.0. The highest BCUT2D eigenvalue weighted by Crippen LogP contribution is 2.33. The lowest BCUT2D eigenvalue weighted by Gasteiger charge is -2.29. The molecule has 0 spiro atoms. The van der Waals surface area contributed by atoms with Crippen LogP contribution in [0.25, 0.3) is 10.9 Å². The van der Waals surface area contributed by atoms with Crippen molar-refractivity contribution < 1.29 is 9.47 Å². The maximum Gasteiger partial charge on any atom is 0.253 e. The standard InChI is InChI=1S/C26H41N5O3S/c1-5-29(6-2)11-9-10-27-26(35)31(13-12-30(7-3)8-4)19-21-16-20-17-23-24(34-15-14-33-23)18-22(20)28-25(21)32/h16-18H,5-15,19H2,1-4H3,(H,27,35)(H,28,32). The first-order chi connectivity index (χ1) is 17.0. The molecule has 3 rings (SSSR count). The number of ether oxygens (including phenoxy) is 2. The third kappa shape index (κ3) is 7.56. The van der Waals surface area contributed by atoms with E-state index in [9.17, 15) is 4.79 Å². The molecule has 35 heavy (non-hydrogen) atoms. The molecular formula is C26H41N5O3S. The molecule has 1 aliphatic heterocycles. The Morgan fingerprint density at radius 3 is 2.23 bits per heavy atom. The van der Waals surface area contributed by atoms with Gasteiger partial charge < -0.3 is 34.5 Å². The Morgan fingerprint density at radius 1 is 0.943 bits per heavy atom.